The lowest BCUT2D eigenvalue weighted by Gasteiger charge is -2.35. The average molecular weight is 297 g/mol. The molecule has 4 amide bonds. The third kappa shape index (κ3) is 2.70. The fraction of sp³-hybridized carbons (Fsp3) is 0.692. The van der Waals surface area contributed by atoms with Gasteiger partial charge in [0.05, 0.1) is 0 Å². The van der Waals surface area contributed by atoms with Crippen molar-refractivity contribution in [3.05, 3.63) is 0 Å². The topological polar surface area (TPSA) is 116 Å². The minimum atomic E-state index is -1.20. The molecule has 0 aromatic rings. The van der Waals surface area contributed by atoms with Crippen molar-refractivity contribution in [2.24, 2.45) is 0 Å². The van der Waals surface area contributed by atoms with Gasteiger partial charge >= 0.3 is 12.0 Å². The van der Waals surface area contributed by atoms with Crippen molar-refractivity contribution in [2.75, 3.05) is 6.54 Å². The summed E-state index contributed by atoms with van der Waals surface area (Å²) in [5.41, 5.74) is -1.20. The van der Waals surface area contributed by atoms with Crippen molar-refractivity contribution in [3.63, 3.8) is 0 Å². The molecule has 2 saturated heterocycles. The Hall–Kier alpha value is -2.12. The summed E-state index contributed by atoms with van der Waals surface area (Å²) in [4.78, 5) is 47.8. The van der Waals surface area contributed by atoms with Gasteiger partial charge in [-0.2, -0.15) is 0 Å². The van der Waals surface area contributed by atoms with Crippen LogP contribution in [-0.4, -0.2) is 51.9 Å². The zero-order valence-electron chi connectivity index (χ0n) is 11.8. The van der Waals surface area contributed by atoms with E-state index >= 15 is 0 Å². The number of piperidine rings is 1. The van der Waals surface area contributed by atoms with Gasteiger partial charge in [0.1, 0.15) is 11.6 Å². The van der Waals surface area contributed by atoms with Gasteiger partial charge in [-0.05, 0) is 25.7 Å². The van der Waals surface area contributed by atoms with E-state index in [-0.39, 0.29) is 18.7 Å². The van der Waals surface area contributed by atoms with Crippen LogP contribution < -0.4 is 10.6 Å². The highest BCUT2D eigenvalue weighted by atomic mass is 16.4. The lowest BCUT2D eigenvalue weighted by Crippen LogP contribution is -2.60. The van der Waals surface area contributed by atoms with E-state index in [1.165, 1.54) is 4.90 Å². The first kappa shape index (κ1) is 15.3. The number of hydrogen-bond donors (Lipinski definition) is 3. The molecule has 2 aliphatic rings. The summed E-state index contributed by atoms with van der Waals surface area (Å²) in [6, 6.07) is -1.36. The van der Waals surface area contributed by atoms with Crippen LogP contribution in [0.3, 0.4) is 0 Å². The summed E-state index contributed by atoms with van der Waals surface area (Å²) in [7, 11) is 0. The normalized spacial score (nSPS) is 29.2. The number of carboxylic acids is 1. The number of hydrogen-bond acceptors (Lipinski definition) is 4. The van der Waals surface area contributed by atoms with Gasteiger partial charge in [-0.3, -0.25) is 14.9 Å². The van der Waals surface area contributed by atoms with Gasteiger partial charge in [-0.1, -0.05) is 6.92 Å². The van der Waals surface area contributed by atoms with Crippen LogP contribution in [-0.2, 0) is 14.4 Å². The smallest absolute Gasteiger partial charge is 0.329 e. The number of nitrogens with one attached hydrogen (secondary N) is 2. The minimum Gasteiger partial charge on any atom is -0.479 e. The van der Waals surface area contributed by atoms with E-state index in [2.05, 4.69) is 10.6 Å². The molecule has 8 nitrogen and oxygen atoms in total. The first-order valence-electron chi connectivity index (χ1n) is 7.06. The van der Waals surface area contributed by atoms with Gasteiger partial charge in [0, 0.05) is 13.0 Å². The van der Waals surface area contributed by atoms with Crippen molar-refractivity contribution in [1.82, 2.24) is 15.5 Å². The number of carbonyl (C=O) groups is 4. The highest BCUT2D eigenvalue weighted by Crippen LogP contribution is 2.32. The van der Waals surface area contributed by atoms with Crippen molar-refractivity contribution < 1.29 is 24.3 Å². The second-order valence-electron chi connectivity index (χ2n) is 5.40. The maximum Gasteiger partial charge on any atom is 0.329 e. The molecule has 0 aliphatic carbocycles. The minimum absolute atomic E-state index is 0.161. The molecule has 8 heteroatoms. The van der Waals surface area contributed by atoms with Gasteiger partial charge < -0.3 is 15.3 Å². The highest BCUT2D eigenvalue weighted by Gasteiger charge is 2.49. The maximum atomic E-state index is 12.3. The van der Waals surface area contributed by atoms with E-state index in [1.54, 1.807) is 6.92 Å². The number of rotatable bonds is 3. The van der Waals surface area contributed by atoms with Crippen molar-refractivity contribution in [1.29, 1.82) is 0 Å². The Balaban J connectivity index is 2.07. The van der Waals surface area contributed by atoms with E-state index in [9.17, 15) is 24.3 Å². The summed E-state index contributed by atoms with van der Waals surface area (Å²) < 4.78 is 0. The third-order valence-corrected chi connectivity index (χ3v) is 4.25. The van der Waals surface area contributed by atoms with Gasteiger partial charge in [-0.25, -0.2) is 9.59 Å². The molecule has 2 unspecified atom stereocenters. The molecule has 3 N–H and O–H groups in total. The lowest BCUT2D eigenvalue weighted by molar-refractivity contribution is -0.148. The highest BCUT2D eigenvalue weighted by molar-refractivity contribution is 6.01. The van der Waals surface area contributed by atoms with Gasteiger partial charge in [0.25, 0.3) is 0 Å². The van der Waals surface area contributed by atoms with Crippen LogP contribution in [0.15, 0.2) is 0 Å². The lowest BCUT2D eigenvalue weighted by atomic mass is 9.93. The molecule has 0 spiro atoms. The number of likely N-dealkylation sites (tertiary alicyclic amines) is 1. The third-order valence-electron chi connectivity index (χ3n) is 4.25. The van der Waals surface area contributed by atoms with Crippen LogP contribution in [0.1, 0.15) is 39.0 Å². The van der Waals surface area contributed by atoms with Crippen molar-refractivity contribution in [2.45, 2.75) is 50.6 Å². The molecule has 2 rings (SSSR count). The Labute approximate surface area is 121 Å². The summed E-state index contributed by atoms with van der Waals surface area (Å²) in [6.07, 6.45) is 1.72. The van der Waals surface area contributed by atoms with Crippen LogP contribution in [0.4, 0.5) is 4.79 Å². The Morgan fingerprint density at radius 1 is 1.48 bits per heavy atom. The first-order valence-corrected chi connectivity index (χ1v) is 7.06. The van der Waals surface area contributed by atoms with E-state index in [4.69, 9.17) is 0 Å². The predicted octanol–water partition coefficient (Wildman–Crippen LogP) is -0.170. The molecule has 0 bridgehead atoms. The Kier molecular flexibility index (Phi) is 4.15. The van der Waals surface area contributed by atoms with Crippen LogP contribution >= 0.6 is 0 Å². The Bertz CT molecular complexity index is 492. The molecule has 2 heterocycles. The number of amides is 4. The summed E-state index contributed by atoms with van der Waals surface area (Å²) >= 11 is 0. The number of carbonyl (C=O) groups excluding carboxylic acids is 3. The van der Waals surface area contributed by atoms with Crippen LogP contribution in [0.25, 0.3) is 0 Å². The van der Waals surface area contributed by atoms with E-state index in [0.29, 0.717) is 25.8 Å². The first-order chi connectivity index (χ1) is 9.90. The summed E-state index contributed by atoms with van der Waals surface area (Å²) in [5.74, 6) is -1.93. The summed E-state index contributed by atoms with van der Waals surface area (Å²) in [5, 5.41) is 14.1. The number of carboxylic acid groups (broad SMARTS) is 1. The monoisotopic (exact) mass is 297 g/mol. The summed E-state index contributed by atoms with van der Waals surface area (Å²) in [6.45, 7) is 2.07. The van der Waals surface area contributed by atoms with Gasteiger partial charge in [-0.15, -0.1) is 0 Å². The average Bonchev–Trinajstić information content (AvgIpc) is 2.87. The number of nitrogens with zero attached hydrogens (tertiary/aromatic N) is 1. The predicted molar refractivity (Wildman–Crippen MR) is 71.3 cm³/mol. The second kappa shape index (κ2) is 5.71. The van der Waals surface area contributed by atoms with Gasteiger partial charge in [0.2, 0.25) is 11.8 Å². The zero-order chi connectivity index (χ0) is 15.6. The molecule has 116 valence electrons. The van der Waals surface area contributed by atoms with Crippen molar-refractivity contribution >= 4 is 23.8 Å². The second-order valence-corrected chi connectivity index (χ2v) is 5.40. The fourth-order valence-electron chi connectivity index (χ4n) is 2.97. The molecule has 21 heavy (non-hydrogen) atoms. The maximum absolute atomic E-state index is 12.3. The van der Waals surface area contributed by atoms with Gasteiger partial charge in [0.15, 0.2) is 0 Å². The molecule has 0 saturated carbocycles. The molecule has 2 aliphatic heterocycles. The number of aliphatic carboxylic acids is 1. The van der Waals surface area contributed by atoms with Crippen molar-refractivity contribution in [3.8, 4) is 0 Å². The number of imide groups is 1. The fourth-order valence-corrected chi connectivity index (χ4v) is 2.97. The SMILES string of the molecule is CCC1(C(=O)O)CCCN1C(=O)NC1CCC(=O)NC1=O. The Morgan fingerprint density at radius 2 is 2.19 bits per heavy atom. The largest absolute Gasteiger partial charge is 0.479 e. The standard InChI is InChI=1S/C13H19N3O5/c1-2-13(11(19)20)6-3-7-16(13)12(21)14-8-4-5-9(17)15-10(8)18/h8H,2-7H2,1H3,(H,14,21)(H,19,20)(H,15,17,18). The van der Waals surface area contributed by atoms with Crippen LogP contribution in [0, 0.1) is 0 Å². The quantitative estimate of drug-likeness (QED) is 0.625. The molecule has 0 aromatic heterocycles. The molecule has 0 radical (unpaired) electrons. The number of urea groups is 1. The molecule has 2 fully saturated rings. The zero-order valence-corrected chi connectivity index (χ0v) is 11.8. The Morgan fingerprint density at radius 3 is 2.76 bits per heavy atom. The van der Waals surface area contributed by atoms with Crippen LogP contribution in [0.2, 0.25) is 0 Å². The molecule has 0 aromatic carbocycles. The van der Waals surface area contributed by atoms with E-state index < -0.39 is 29.5 Å². The van der Waals surface area contributed by atoms with E-state index in [1.807, 2.05) is 0 Å². The van der Waals surface area contributed by atoms with Crippen LogP contribution in [0.5, 0.6) is 0 Å². The molecule has 2 atom stereocenters. The molecular formula is C13H19N3O5. The van der Waals surface area contributed by atoms with E-state index in [0.717, 1.165) is 0 Å². The molecular weight excluding hydrogens is 278 g/mol.